The van der Waals surface area contributed by atoms with Crippen LogP contribution in [0.2, 0.25) is 0 Å². The van der Waals surface area contributed by atoms with Crippen molar-refractivity contribution in [3.05, 3.63) is 65.2 Å². The number of nitriles is 1. The fourth-order valence-electron chi connectivity index (χ4n) is 4.53. The summed E-state index contributed by atoms with van der Waals surface area (Å²) in [5, 5.41) is 21.0. The molecule has 0 bridgehead atoms. The zero-order valence-corrected chi connectivity index (χ0v) is 21.2. The summed E-state index contributed by atoms with van der Waals surface area (Å²) in [6, 6.07) is 17.1. The van der Waals surface area contributed by atoms with Crippen molar-refractivity contribution in [1.29, 1.82) is 5.26 Å². The van der Waals surface area contributed by atoms with E-state index in [0.717, 1.165) is 27.3 Å². The van der Waals surface area contributed by atoms with E-state index in [4.69, 9.17) is 5.11 Å². The summed E-state index contributed by atoms with van der Waals surface area (Å²) in [5.41, 5.74) is 4.07. The van der Waals surface area contributed by atoms with Crippen molar-refractivity contribution in [3.8, 4) is 16.5 Å². The Morgan fingerprint density at radius 1 is 1.11 bits per heavy atom. The molecular weight excluding hydrogens is 510 g/mol. The van der Waals surface area contributed by atoms with Crippen molar-refractivity contribution in [3.63, 3.8) is 0 Å². The predicted molar refractivity (Wildman–Crippen MR) is 141 cm³/mol. The van der Waals surface area contributed by atoms with E-state index in [1.54, 1.807) is 24.3 Å². The normalized spacial score (nSPS) is 16.2. The number of fused-ring (bicyclic) bond motifs is 3. The number of anilines is 2. The summed E-state index contributed by atoms with van der Waals surface area (Å²) in [4.78, 5) is 51.7. The first-order chi connectivity index (χ1) is 17.9. The molecule has 1 saturated heterocycles. The Kier molecular flexibility index (Phi) is 6.82. The summed E-state index contributed by atoms with van der Waals surface area (Å²) in [6.45, 7) is 0. The number of thioether (sulfide) groups is 1. The lowest BCUT2D eigenvalue weighted by Gasteiger charge is -2.15. The van der Waals surface area contributed by atoms with Crippen molar-refractivity contribution in [2.45, 2.75) is 42.2 Å². The minimum absolute atomic E-state index is 0.0290. The smallest absolute Gasteiger partial charge is 0.303 e. The molecule has 1 atom stereocenters. The molecule has 0 radical (unpaired) electrons. The van der Waals surface area contributed by atoms with Crippen LogP contribution in [0, 0.1) is 11.3 Å². The van der Waals surface area contributed by atoms with Crippen LogP contribution >= 0.6 is 23.1 Å². The third-order valence-corrected chi connectivity index (χ3v) is 8.74. The molecular formula is C27H21N3O5S2. The van der Waals surface area contributed by atoms with Gasteiger partial charge in [-0.2, -0.15) is 5.26 Å². The van der Waals surface area contributed by atoms with Crippen LogP contribution in [0.25, 0.3) is 10.4 Å². The zero-order chi connectivity index (χ0) is 26.1. The second kappa shape index (κ2) is 10.2. The van der Waals surface area contributed by atoms with Gasteiger partial charge in [-0.3, -0.25) is 19.2 Å². The highest BCUT2D eigenvalue weighted by Crippen LogP contribution is 2.48. The van der Waals surface area contributed by atoms with Crippen molar-refractivity contribution in [2.75, 3.05) is 10.2 Å². The number of nitrogens with one attached hydrogen (secondary N) is 1. The fraction of sp³-hybridized carbons (Fsp3) is 0.222. The number of carboxylic acid groups (broad SMARTS) is 1. The van der Waals surface area contributed by atoms with E-state index < -0.39 is 17.1 Å². The average molecular weight is 532 g/mol. The molecule has 2 aromatic carbocycles. The SMILES string of the molecule is N#Cc1c(N2C(=O)C[C@@H](Sc3ccc(NC(=O)CCC(=O)O)cc3)C2=O)sc2c1CCc1ccccc1-2. The standard InChI is InChI=1S/C27H21N3O5S2/c28-14-20-19-10-5-15-3-1-2-4-18(15)25(19)37-27(20)30-23(32)13-21(26(30)35)36-17-8-6-16(7-9-17)29-22(31)11-12-24(33)34/h1-4,6-9,21H,5,10-13H2,(H,29,31)(H,33,34)/t21-/m1/s1. The number of benzene rings is 2. The highest BCUT2D eigenvalue weighted by atomic mass is 32.2. The van der Waals surface area contributed by atoms with Gasteiger partial charge in [0.25, 0.3) is 0 Å². The van der Waals surface area contributed by atoms with Crippen LogP contribution in [0.15, 0.2) is 53.4 Å². The lowest BCUT2D eigenvalue weighted by Crippen LogP contribution is -2.31. The molecule has 3 aromatic rings. The van der Waals surface area contributed by atoms with Gasteiger partial charge in [0, 0.05) is 28.3 Å². The number of carbonyl (C=O) groups is 4. The third kappa shape index (κ3) is 4.88. The number of carbonyl (C=O) groups excluding carboxylic acids is 3. The maximum atomic E-state index is 13.4. The van der Waals surface area contributed by atoms with E-state index in [0.29, 0.717) is 22.7 Å². The summed E-state index contributed by atoms with van der Waals surface area (Å²) in [6.07, 6.45) is 1.16. The van der Waals surface area contributed by atoms with Gasteiger partial charge in [0.1, 0.15) is 11.1 Å². The fourth-order valence-corrected chi connectivity index (χ4v) is 6.97. The first kappa shape index (κ1) is 24.7. The number of carboxylic acids is 1. The monoisotopic (exact) mass is 531 g/mol. The maximum absolute atomic E-state index is 13.4. The summed E-state index contributed by atoms with van der Waals surface area (Å²) >= 11 is 2.59. The van der Waals surface area contributed by atoms with E-state index >= 15 is 0 Å². The van der Waals surface area contributed by atoms with Gasteiger partial charge in [-0.05, 0) is 53.8 Å². The Hall–Kier alpha value is -3.94. The van der Waals surface area contributed by atoms with Gasteiger partial charge in [-0.15, -0.1) is 23.1 Å². The second-order valence-electron chi connectivity index (χ2n) is 8.70. The lowest BCUT2D eigenvalue weighted by molar-refractivity contribution is -0.138. The number of aryl methyl sites for hydroxylation is 1. The average Bonchev–Trinajstić information content (AvgIpc) is 3.39. The number of hydrogen-bond donors (Lipinski definition) is 2. The molecule has 0 saturated carbocycles. The first-order valence-corrected chi connectivity index (χ1v) is 13.3. The third-order valence-electron chi connectivity index (χ3n) is 6.30. The van der Waals surface area contributed by atoms with Gasteiger partial charge in [-0.1, -0.05) is 24.3 Å². The predicted octanol–water partition coefficient (Wildman–Crippen LogP) is 4.61. The van der Waals surface area contributed by atoms with Crippen LogP contribution in [-0.2, 0) is 32.0 Å². The van der Waals surface area contributed by atoms with Crippen molar-refractivity contribution >= 4 is 57.5 Å². The number of thiophene rings is 1. The number of rotatable bonds is 7. The highest BCUT2D eigenvalue weighted by molar-refractivity contribution is 8.00. The van der Waals surface area contributed by atoms with Gasteiger partial charge >= 0.3 is 5.97 Å². The molecule has 1 fully saturated rings. The van der Waals surface area contributed by atoms with Gasteiger partial charge in [-0.25, -0.2) is 4.90 Å². The van der Waals surface area contributed by atoms with Gasteiger partial charge in [0.15, 0.2) is 0 Å². The van der Waals surface area contributed by atoms with Crippen molar-refractivity contribution in [2.24, 2.45) is 0 Å². The molecule has 3 amide bonds. The zero-order valence-electron chi connectivity index (χ0n) is 19.5. The molecule has 2 aliphatic rings. The molecule has 1 aliphatic carbocycles. The Morgan fingerprint density at radius 3 is 2.59 bits per heavy atom. The van der Waals surface area contributed by atoms with Crippen LogP contribution < -0.4 is 10.2 Å². The minimum Gasteiger partial charge on any atom is -0.481 e. The minimum atomic E-state index is -1.04. The highest BCUT2D eigenvalue weighted by Gasteiger charge is 2.43. The topological polar surface area (TPSA) is 128 Å². The Bertz CT molecular complexity index is 1470. The van der Waals surface area contributed by atoms with Crippen molar-refractivity contribution in [1.82, 2.24) is 0 Å². The molecule has 5 rings (SSSR count). The van der Waals surface area contributed by atoms with E-state index in [9.17, 15) is 24.4 Å². The molecule has 1 aromatic heterocycles. The summed E-state index contributed by atoms with van der Waals surface area (Å²) < 4.78 is 0. The Morgan fingerprint density at radius 2 is 1.86 bits per heavy atom. The molecule has 2 heterocycles. The maximum Gasteiger partial charge on any atom is 0.303 e. The number of nitrogens with zero attached hydrogens (tertiary/aromatic N) is 2. The van der Waals surface area contributed by atoms with E-state index in [1.165, 1.54) is 33.6 Å². The van der Waals surface area contributed by atoms with E-state index in [-0.39, 0.29) is 31.1 Å². The Balaban J connectivity index is 1.32. The summed E-state index contributed by atoms with van der Waals surface area (Å²) in [7, 11) is 0. The molecule has 186 valence electrons. The van der Waals surface area contributed by atoms with Crippen LogP contribution in [0.1, 0.15) is 36.0 Å². The number of amides is 3. The molecule has 0 unspecified atom stereocenters. The van der Waals surface area contributed by atoms with Crippen molar-refractivity contribution < 1.29 is 24.3 Å². The van der Waals surface area contributed by atoms with E-state index in [1.807, 2.05) is 18.2 Å². The number of imide groups is 1. The Labute approximate surface area is 220 Å². The number of aliphatic carboxylic acids is 1. The molecule has 2 N–H and O–H groups in total. The van der Waals surface area contributed by atoms with Gasteiger partial charge in [0.2, 0.25) is 17.7 Å². The van der Waals surface area contributed by atoms with Crippen LogP contribution in [0.4, 0.5) is 10.7 Å². The largest absolute Gasteiger partial charge is 0.481 e. The molecule has 37 heavy (non-hydrogen) atoms. The lowest BCUT2D eigenvalue weighted by atomic mass is 9.89. The molecule has 0 spiro atoms. The molecule has 8 nitrogen and oxygen atoms in total. The van der Waals surface area contributed by atoms with Crippen LogP contribution in [-0.4, -0.2) is 34.0 Å². The molecule has 10 heteroatoms. The quantitative estimate of drug-likeness (QED) is 0.426. The van der Waals surface area contributed by atoms with Gasteiger partial charge < -0.3 is 10.4 Å². The first-order valence-electron chi connectivity index (χ1n) is 11.6. The van der Waals surface area contributed by atoms with E-state index in [2.05, 4.69) is 17.5 Å². The number of hydrogen-bond acceptors (Lipinski definition) is 7. The molecule has 1 aliphatic heterocycles. The van der Waals surface area contributed by atoms with Crippen LogP contribution in [0.5, 0.6) is 0 Å². The van der Waals surface area contributed by atoms with Gasteiger partial charge in [0.05, 0.1) is 17.2 Å². The second-order valence-corrected chi connectivity index (χ2v) is 11.0. The summed E-state index contributed by atoms with van der Waals surface area (Å²) in [5.74, 6) is -2.11. The van der Waals surface area contributed by atoms with Crippen LogP contribution in [0.3, 0.4) is 0 Å².